The molecule has 1 spiro atoms. The second kappa shape index (κ2) is 9.01. The summed E-state index contributed by atoms with van der Waals surface area (Å²) in [6.07, 6.45) is 4.36. The zero-order valence-corrected chi connectivity index (χ0v) is 25.8. The van der Waals surface area contributed by atoms with E-state index in [9.17, 15) is 0 Å². The molecule has 190 valence electrons. The van der Waals surface area contributed by atoms with E-state index in [1.807, 2.05) is 5.31 Å². The zero-order chi connectivity index (χ0) is 25.2. The molecule has 2 fully saturated rings. The molecule has 3 nitrogen and oxygen atoms in total. The average Bonchev–Trinajstić information content (AvgIpc) is 3.38. The number of benzene rings is 1. The van der Waals surface area contributed by atoms with Crippen LogP contribution in [0.2, 0.25) is 0 Å². The molecule has 0 aromatic heterocycles. The molecule has 2 atom stereocenters. The molecule has 34 heavy (non-hydrogen) atoms. The van der Waals surface area contributed by atoms with E-state index in [4.69, 9.17) is 0 Å². The molecule has 5 heteroatoms. The van der Waals surface area contributed by atoms with E-state index < -0.39 is 7.11 Å². The summed E-state index contributed by atoms with van der Waals surface area (Å²) in [4.78, 5) is 3.98. The molecular formula is C29H50N3PSi. The number of hydrogen-bond acceptors (Lipinski definition) is 3. The third-order valence-corrected chi connectivity index (χ3v) is 17.5. The standard InChI is InChI=1S/C16H30N3PSi.C13H20/c1-15(2,3)18-10-19(16(4,5)6)20(18)14-12-8-7-11(9-12)13(14)17-21-20;1-9(2)12-7-6-8-13(10(3)4)11(12)5/h11-12,17,21H,7-10H2,1-6H3;6-10H,1-5H3/t11-,12+;/m1./s1. The van der Waals surface area contributed by atoms with E-state index in [1.54, 1.807) is 5.70 Å². The molecule has 2 aliphatic carbocycles. The van der Waals surface area contributed by atoms with Crippen molar-refractivity contribution in [2.75, 3.05) is 6.67 Å². The molecule has 1 aromatic rings. The summed E-state index contributed by atoms with van der Waals surface area (Å²) in [5, 5.41) is 1.92. The quantitative estimate of drug-likeness (QED) is 0.331. The van der Waals surface area contributed by atoms with Crippen molar-refractivity contribution >= 4 is 16.5 Å². The van der Waals surface area contributed by atoms with Crippen LogP contribution in [-0.4, -0.2) is 36.4 Å². The van der Waals surface area contributed by atoms with E-state index in [2.05, 4.69) is 109 Å². The summed E-state index contributed by atoms with van der Waals surface area (Å²) in [7, 11) is -0.876. The maximum atomic E-state index is 3.98. The smallest absolute Gasteiger partial charge is 0.115 e. The summed E-state index contributed by atoms with van der Waals surface area (Å²) >= 11 is 0. The van der Waals surface area contributed by atoms with Crippen LogP contribution >= 0.6 is 7.11 Å². The van der Waals surface area contributed by atoms with Crippen molar-refractivity contribution in [3.05, 3.63) is 45.9 Å². The van der Waals surface area contributed by atoms with Crippen molar-refractivity contribution in [3.8, 4) is 0 Å². The van der Waals surface area contributed by atoms with E-state index in [-0.39, 0.29) is 0 Å². The first-order chi connectivity index (χ1) is 15.7. The lowest BCUT2D eigenvalue weighted by molar-refractivity contribution is 0.0742. The molecule has 4 aliphatic rings. The fourth-order valence-electron chi connectivity index (χ4n) is 6.83. The highest BCUT2D eigenvalue weighted by Crippen LogP contribution is 2.85. The second-order valence-electron chi connectivity index (χ2n) is 13.6. The van der Waals surface area contributed by atoms with Crippen LogP contribution in [0.15, 0.2) is 29.2 Å². The number of nitrogens with one attached hydrogen (secondary N) is 1. The first kappa shape index (κ1) is 26.4. The molecule has 2 heterocycles. The van der Waals surface area contributed by atoms with Gasteiger partial charge in [0.2, 0.25) is 0 Å². The molecule has 1 aromatic carbocycles. The Labute approximate surface area is 213 Å². The third kappa shape index (κ3) is 4.25. The Morgan fingerprint density at radius 1 is 0.882 bits per heavy atom. The van der Waals surface area contributed by atoms with Crippen LogP contribution < -0.4 is 4.98 Å². The topological polar surface area (TPSA) is 18.5 Å². The van der Waals surface area contributed by atoms with Gasteiger partial charge in [0.25, 0.3) is 0 Å². The summed E-state index contributed by atoms with van der Waals surface area (Å²) in [5.41, 5.74) is 6.78. The van der Waals surface area contributed by atoms with Gasteiger partial charge < -0.3 is 4.98 Å². The number of allylic oxidation sites excluding steroid dienone is 2. The third-order valence-electron chi connectivity index (χ3n) is 8.47. The first-order valence-electron chi connectivity index (χ1n) is 13.6. The molecule has 5 rings (SSSR count). The molecule has 1 saturated heterocycles. The van der Waals surface area contributed by atoms with Gasteiger partial charge in [-0.25, -0.2) is 0 Å². The fourth-order valence-corrected chi connectivity index (χ4v) is 18.3. The summed E-state index contributed by atoms with van der Waals surface area (Å²) in [6, 6.07) is 6.66. The van der Waals surface area contributed by atoms with E-state index in [0.717, 1.165) is 11.8 Å². The Bertz CT molecular complexity index is 907. The van der Waals surface area contributed by atoms with Gasteiger partial charge in [-0.15, -0.1) is 0 Å². The zero-order valence-electron chi connectivity index (χ0n) is 23.8. The summed E-state index contributed by atoms with van der Waals surface area (Å²) in [5.74, 6) is 3.08. The van der Waals surface area contributed by atoms with Gasteiger partial charge in [0.15, 0.2) is 0 Å². The monoisotopic (exact) mass is 499 g/mol. The molecule has 0 amide bonds. The molecule has 0 unspecified atom stereocenters. The Morgan fingerprint density at radius 2 is 1.38 bits per heavy atom. The lowest BCUT2D eigenvalue weighted by Crippen LogP contribution is -2.65. The number of hydrogen-bond donors (Lipinski definition) is 1. The van der Waals surface area contributed by atoms with Crippen LogP contribution in [0.4, 0.5) is 0 Å². The molecule has 0 radical (unpaired) electrons. The minimum Gasteiger partial charge on any atom is -0.523 e. The van der Waals surface area contributed by atoms with Crippen molar-refractivity contribution in [2.24, 2.45) is 11.8 Å². The summed E-state index contributed by atoms with van der Waals surface area (Å²) in [6.45, 7) is 26.9. The maximum Gasteiger partial charge on any atom is 0.115 e. The van der Waals surface area contributed by atoms with Crippen LogP contribution in [-0.2, 0) is 0 Å². The van der Waals surface area contributed by atoms with Gasteiger partial charge in [0.1, 0.15) is 6.67 Å². The van der Waals surface area contributed by atoms with Gasteiger partial charge in [0.05, 0.1) is 14.7 Å². The Morgan fingerprint density at radius 3 is 1.85 bits per heavy atom. The first-order valence-corrected chi connectivity index (χ1v) is 17.5. The molecule has 1 saturated carbocycles. The maximum absolute atomic E-state index is 3.98. The van der Waals surface area contributed by atoms with Gasteiger partial charge >= 0.3 is 0 Å². The van der Waals surface area contributed by atoms with Gasteiger partial charge in [-0.2, -0.15) is 9.34 Å². The largest absolute Gasteiger partial charge is 0.523 e. The normalized spacial score (nSPS) is 26.1. The fraction of sp³-hybridized carbons (Fsp3) is 0.724. The highest BCUT2D eigenvalue weighted by Gasteiger charge is 2.68. The molecular weight excluding hydrogens is 449 g/mol. The Hall–Kier alpha value is -0.673. The number of rotatable bonds is 2. The van der Waals surface area contributed by atoms with Crippen molar-refractivity contribution in [3.63, 3.8) is 0 Å². The van der Waals surface area contributed by atoms with Crippen molar-refractivity contribution in [1.29, 1.82) is 0 Å². The Balaban J connectivity index is 0.000000182. The van der Waals surface area contributed by atoms with E-state index in [1.165, 1.54) is 42.6 Å². The number of fused-ring (bicyclic) bond motifs is 5. The van der Waals surface area contributed by atoms with Gasteiger partial charge in [-0.05, 0) is 102 Å². The van der Waals surface area contributed by atoms with Crippen molar-refractivity contribution in [1.82, 2.24) is 14.3 Å². The highest BCUT2D eigenvalue weighted by molar-refractivity contribution is 8.01. The lowest BCUT2D eigenvalue weighted by atomic mass is 9.90. The van der Waals surface area contributed by atoms with Gasteiger partial charge in [-0.1, -0.05) is 45.9 Å². The summed E-state index contributed by atoms with van der Waals surface area (Å²) < 4.78 is 5.80. The van der Waals surface area contributed by atoms with E-state index in [0.29, 0.717) is 32.3 Å². The minimum absolute atomic E-state index is 0.300. The molecule has 2 aliphatic heterocycles. The molecule has 2 bridgehead atoms. The van der Waals surface area contributed by atoms with Crippen molar-refractivity contribution < 1.29 is 0 Å². The SMILES string of the molecule is CC(C)(C)N1CN(C(C)(C)C)[P+]12[SiH-]NC1=C2[C@H]2CC[C@@H]1C2.Cc1c(C(C)C)cccc1C(C)C. The van der Waals surface area contributed by atoms with Crippen LogP contribution in [0.3, 0.4) is 0 Å². The van der Waals surface area contributed by atoms with Gasteiger partial charge in [-0.3, -0.25) is 0 Å². The van der Waals surface area contributed by atoms with Crippen LogP contribution in [0.1, 0.15) is 117 Å². The van der Waals surface area contributed by atoms with Gasteiger partial charge in [0, 0.05) is 29.8 Å². The predicted molar refractivity (Wildman–Crippen MR) is 152 cm³/mol. The minimum atomic E-state index is -1.21. The van der Waals surface area contributed by atoms with Crippen LogP contribution in [0.25, 0.3) is 0 Å². The van der Waals surface area contributed by atoms with Crippen LogP contribution in [0.5, 0.6) is 0 Å². The van der Waals surface area contributed by atoms with Crippen molar-refractivity contribution in [2.45, 2.75) is 118 Å². The number of nitrogens with zero attached hydrogens (tertiary/aromatic N) is 2. The Kier molecular flexibility index (Phi) is 7.00. The van der Waals surface area contributed by atoms with Crippen LogP contribution in [0, 0.1) is 18.8 Å². The van der Waals surface area contributed by atoms with E-state index >= 15 is 0 Å². The lowest BCUT2D eigenvalue weighted by Gasteiger charge is -2.65. The average molecular weight is 500 g/mol. The second-order valence-corrected chi connectivity index (χ2v) is 19.8. The molecule has 1 N–H and O–H groups in total. The highest BCUT2D eigenvalue weighted by atomic mass is 31.4. The predicted octanol–water partition coefficient (Wildman–Crippen LogP) is 7.76.